The first-order valence-electron chi connectivity index (χ1n) is 6.97. The SMILES string of the molecule is N#Cc1ccnc(N2CC[C@H]3[C@H](C2)OCc2cnnn23)c1. The molecular weight excluding hydrogens is 268 g/mol. The molecule has 7 nitrogen and oxygen atoms in total. The standard InChI is InChI=1S/C14H14N6O/c15-6-10-1-3-16-14(5-10)19-4-2-12-13(8-19)21-9-11-7-17-18-20(11)12/h1,3,5,7,12-13H,2,4,8-9H2/t12-,13-/m0/s1. The zero-order valence-corrected chi connectivity index (χ0v) is 11.4. The molecule has 0 aromatic carbocycles. The summed E-state index contributed by atoms with van der Waals surface area (Å²) in [4.78, 5) is 6.54. The van der Waals surface area contributed by atoms with Crippen molar-refractivity contribution in [3.05, 3.63) is 35.8 Å². The van der Waals surface area contributed by atoms with Crippen LogP contribution in [0.25, 0.3) is 0 Å². The highest BCUT2D eigenvalue weighted by Gasteiger charge is 2.36. The van der Waals surface area contributed by atoms with Crippen LogP contribution in [0.2, 0.25) is 0 Å². The maximum atomic E-state index is 8.99. The van der Waals surface area contributed by atoms with E-state index in [9.17, 15) is 0 Å². The Labute approximate surface area is 121 Å². The number of hydrogen-bond acceptors (Lipinski definition) is 6. The van der Waals surface area contributed by atoms with E-state index in [0.29, 0.717) is 12.2 Å². The Morgan fingerprint density at radius 2 is 2.38 bits per heavy atom. The Morgan fingerprint density at radius 1 is 1.43 bits per heavy atom. The maximum absolute atomic E-state index is 8.99. The van der Waals surface area contributed by atoms with Crippen molar-refractivity contribution < 1.29 is 4.74 Å². The Bertz CT molecular complexity index is 705. The quantitative estimate of drug-likeness (QED) is 0.773. The number of fused-ring (bicyclic) bond motifs is 3. The van der Waals surface area contributed by atoms with Gasteiger partial charge in [-0.05, 0) is 18.6 Å². The van der Waals surface area contributed by atoms with Gasteiger partial charge in [0.15, 0.2) is 0 Å². The molecule has 7 heteroatoms. The first-order valence-corrected chi connectivity index (χ1v) is 6.97. The van der Waals surface area contributed by atoms with Gasteiger partial charge in [0.1, 0.15) is 5.82 Å². The van der Waals surface area contributed by atoms with E-state index in [0.717, 1.165) is 31.0 Å². The predicted molar refractivity (Wildman–Crippen MR) is 73.4 cm³/mol. The molecular formula is C14H14N6O. The predicted octanol–water partition coefficient (Wildman–Crippen LogP) is 0.895. The zero-order valence-electron chi connectivity index (χ0n) is 11.4. The first-order chi connectivity index (χ1) is 10.3. The van der Waals surface area contributed by atoms with Crippen LogP contribution < -0.4 is 4.90 Å². The largest absolute Gasteiger partial charge is 0.368 e. The molecule has 2 aliphatic heterocycles. The number of pyridine rings is 1. The summed E-state index contributed by atoms with van der Waals surface area (Å²) in [6.07, 6.45) is 4.46. The fraction of sp³-hybridized carbons (Fsp3) is 0.429. The molecule has 4 heterocycles. The Balaban J connectivity index is 1.57. The van der Waals surface area contributed by atoms with Gasteiger partial charge in [-0.15, -0.1) is 5.10 Å². The van der Waals surface area contributed by atoms with Crippen LogP contribution in [0.3, 0.4) is 0 Å². The van der Waals surface area contributed by atoms with E-state index in [4.69, 9.17) is 10.00 Å². The summed E-state index contributed by atoms with van der Waals surface area (Å²) < 4.78 is 7.93. The van der Waals surface area contributed by atoms with Crippen molar-refractivity contribution in [1.29, 1.82) is 5.26 Å². The van der Waals surface area contributed by atoms with E-state index in [2.05, 4.69) is 26.3 Å². The molecule has 2 aliphatic rings. The fourth-order valence-electron chi connectivity index (χ4n) is 3.06. The van der Waals surface area contributed by atoms with Gasteiger partial charge in [0.05, 0.1) is 42.3 Å². The van der Waals surface area contributed by atoms with Crippen LogP contribution >= 0.6 is 0 Å². The highest BCUT2D eigenvalue weighted by atomic mass is 16.5. The van der Waals surface area contributed by atoms with Crippen molar-refractivity contribution in [1.82, 2.24) is 20.0 Å². The second-order valence-electron chi connectivity index (χ2n) is 5.34. The Morgan fingerprint density at radius 3 is 3.29 bits per heavy atom. The average Bonchev–Trinajstić information content (AvgIpc) is 3.03. The molecule has 4 rings (SSSR count). The zero-order chi connectivity index (χ0) is 14.2. The van der Waals surface area contributed by atoms with E-state index >= 15 is 0 Å². The van der Waals surface area contributed by atoms with Crippen LogP contribution in [-0.4, -0.2) is 39.2 Å². The minimum Gasteiger partial charge on any atom is -0.368 e. The second-order valence-corrected chi connectivity index (χ2v) is 5.34. The maximum Gasteiger partial charge on any atom is 0.129 e. The lowest BCUT2D eigenvalue weighted by Gasteiger charge is -2.41. The van der Waals surface area contributed by atoms with Crippen LogP contribution in [0.5, 0.6) is 0 Å². The molecule has 0 bridgehead atoms. The molecule has 0 N–H and O–H groups in total. The van der Waals surface area contributed by atoms with Crippen LogP contribution in [0.15, 0.2) is 24.5 Å². The van der Waals surface area contributed by atoms with Gasteiger partial charge in [0.2, 0.25) is 0 Å². The number of aromatic nitrogens is 4. The minimum atomic E-state index is 0.0838. The number of nitriles is 1. The summed E-state index contributed by atoms with van der Waals surface area (Å²) in [5.74, 6) is 0.834. The van der Waals surface area contributed by atoms with Crippen molar-refractivity contribution in [3.8, 4) is 6.07 Å². The second kappa shape index (κ2) is 4.82. The van der Waals surface area contributed by atoms with Crippen LogP contribution in [0, 0.1) is 11.3 Å². The number of nitrogens with zero attached hydrogens (tertiary/aromatic N) is 6. The molecule has 21 heavy (non-hydrogen) atoms. The molecule has 2 aromatic rings. The lowest BCUT2D eigenvalue weighted by atomic mass is 10.00. The van der Waals surface area contributed by atoms with Gasteiger partial charge in [-0.3, -0.25) is 0 Å². The van der Waals surface area contributed by atoms with Gasteiger partial charge in [-0.25, -0.2) is 9.67 Å². The molecule has 0 unspecified atom stereocenters. The Hall–Kier alpha value is -2.46. The van der Waals surface area contributed by atoms with Gasteiger partial charge in [0.25, 0.3) is 0 Å². The third-order valence-electron chi connectivity index (χ3n) is 4.13. The average molecular weight is 282 g/mol. The van der Waals surface area contributed by atoms with Gasteiger partial charge in [0, 0.05) is 19.3 Å². The fourth-order valence-corrected chi connectivity index (χ4v) is 3.06. The molecule has 2 aromatic heterocycles. The molecule has 0 aliphatic carbocycles. The third kappa shape index (κ3) is 2.04. The van der Waals surface area contributed by atoms with Crippen molar-refractivity contribution in [2.75, 3.05) is 18.0 Å². The van der Waals surface area contributed by atoms with E-state index in [-0.39, 0.29) is 12.1 Å². The highest BCUT2D eigenvalue weighted by molar-refractivity contribution is 5.45. The summed E-state index contributed by atoms with van der Waals surface area (Å²) in [6, 6.07) is 5.94. The van der Waals surface area contributed by atoms with E-state index < -0.39 is 0 Å². The van der Waals surface area contributed by atoms with Crippen molar-refractivity contribution in [2.45, 2.75) is 25.2 Å². The van der Waals surface area contributed by atoms with Gasteiger partial charge >= 0.3 is 0 Å². The summed E-state index contributed by atoms with van der Waals surface area (Å²) >= 11 is 0. The number of rotatable bonds is 1. The van der Waals surface area contributed by atoms with Gasteiger partial charge in [-0.2, -0.15) is 5.26 Å². The lowest BCUT2D eigenvalue weighted by molar-refractivity contribution is -0.0335. The number of ether oxygens (including phenoxy) is 1. The van der Waals surface area contributed by atoms with Crippen molar-refractivity contribution in [3.63, 3.8) is 0 Å². The smallest absolute Gasteiger partial charge is 0.129 e. The minimum absolute atomic E-state index is 0.0838. The molecule has 0 saturated carbocycles. The first kappa shape index (κ1) is 12.3. The normalized spacial score (nSPS) is 24.0. The van der Waals surface area contributed by atoms with Crippen LogP contribution in [0.1, 0.15) is 23.7 Å². The molecule has 0 radical (unpaired) electrons. The van der Waals surface area contributed by atoms with Crippen molar-refractivity contribution >= 4 is 5.82 Å². The summed E-state index contributed by atoms with van der Waals surface area (Å²) in [5.41, 5.74) is 1.67. The van der Waals surface area contributed by atoms with E-state index in [1.54, 1.807) is 18.5 Å². The third-order valence-corrected chi connectivity index (χ3v) is 4.13. The monoisotopic (exact) mass is 282 g/mol. The van der Waals surface area contributed by atoms with Crippen LogP contribution in [0.4, 0.5) is 5.82 Å². The molecule has 0 spiro atoms. The van der Waals surface area contributed by atoms with E-state index in [1.807, 2.05) is 10.7 Å². The lowest BCUT2D eigenvalue weighted by Crippen LogP contribution is -2.48. The molecule has 0 amide bonds. The van der Waals surface area contributed by atoms with Gasteiger partial charge < -0.3 is 9.64 Å². The number of anilines is 1. The Kier molecular flexibility index (Phi) is 2.82. The molecule has 1 fully saturated rings. The topological polar surface area (TPSA) is 79.9 Å². The van der Waals surface area contributed by atoms with E-state index in [1.165, 1.54) is 0 Å². The molecule has 2 atom stereocenters. The van der Waals surface area contributed by atoms with Crippen LogP contribution in [-0.2, 0) is 11.3 Å². The summed E-state index contributed by atoms with van der Waals surface area (Å²) in [5, 5.41) is 17.1. The highest BCUT2D eigenvalue weighted by Crippen LogP contribution is 2.32. The van der Waals surface area contributed by atoms with Crippen molar-refractivity contribution in [2.24, 2.45) is 0 Å². The number of piperidine rings is 1. The summed E-state index contributed by atoms with van der Waals surface area (Å²) in [6.45, 7) is 2.17. The summed E-state index contributed by atoms with van der Waals surface area (Å²) in [7, 11) is 0. The molecule has 1 saturated heterocycles. The molecule has 106 valence electrons. The van der Waals surface area contributed by atoms with Gasteiger partial charge in [-0.1, -0.05) is 5.21 Å². The number of hydrogen-bond donors (Lipinski definition) is 0.